The average Bonchev–Trinajstić information content (AvgIpc) is 2.52. The van der Waals surface area contributed by atoms with E-state index in [0.717, 1.165) is 6.42 Å². The number of unbranched alkanes of at least 4 members (excludes halogenated alkanes) is 4. The number of H-pyrrole nitrogens is 1. The van der Waals surface area contributed by atoms with Crippen LogP contribution in [-0.4, -0.2) is 9.97 Å². The maximum absolute atomic E-state index is 4.28. The number of aryl methyl sites for hydroxylation is 2. The molecule has 2 heteroatoms. The Morgan fingerprint density at radius 3 is 2.62 bits per heavy atom. The van der Waals surface area contributed by atoms with Crippen LogP contribution in [0.25, 0.3) is 0 Å². The lowest BCUT2D eigenvalue weighted by atomic mass is 10.1. The summed E-state index contributed by atoms with van der Waals surface area (Å²) in [5, 5.41) is 0. The molecule has 2 nitrogen and oxygen atoms in total. The largest absolute Gasteiger partial charge is 0.348 e. The van der Waals surface area contributed by atoms with Gasteiger partial charge in [0.2, 0.25) is 0 Å². The van der Waals surface area contributed by atoms with Crippen molar-refractivity contribution in [3.05, 3.63) is 17.7 Å². The van der Waals surface area contributed by atoms with Crippen LogP contribution in [-0.2, 0) is 6.42 Å². The maximum atomic E-state index is 4.28. The number of hydrogen-bond donors (Lipinski definition) is 1. The lowest BCUT2D eigenvalue weighted by molar-refractivity contribution is 0.628. The minimum absolute atomic E-state index is 1.14. The molecule has 74 valence electrons. The van der Waals surface area contributed by atoms with Crippen LogP contribution in [0.5, 0.6) is 0 Å². The van der Waals surface area contributed by atoms with Crippen molar-refractivity contribution in [3.8, 4) is 0 Å². The second-order valence-electron chi connectivity index (χ2n) is 3.64. The molecule has 1 N–H and O–H groups in total. The van der Waals surface area contributed by atoms with Crippen LogP contribution in [0.15, 0.2) is 6.33 Å². The van der Waals surface area contributed by atoms with Gasteiger partial charge in [0.15, 0.2) is 0 Å². The highest BCUT2D eigenvalue weighted by molar-refractivity contribution is 5.08. The van der Waals surface area contributed by atoms with Gasteiger partial charge in [0.25, 0.3) is 0 Å². The lowest BCUT2D eigenvalue weighted by Crippen LogP contribution is -1.89. The average molecular weight is 180 g/mol. The lowest BCUT2D eigenvalue weighted by Gasteiger charge is -1.98. The van der Waals surface area contributed by atoms with E-state index in [-0.39, 0.29) is 0 Å². The third-order valence-corrected chi connectivity index (χ3v) is 2.45. The molecule has 0 saturated heterocycles. The van der Waals surface area contributed by atoms with Gasteiger partial charge in [-0.2, -0.15) is 0 Å². The van der Waals surface area contributed by atoms with Gasteiger partial charge in [0, 0.05) is 5.69 Å². The molecule has 0 unspecified atom stereocenters. The molecule has 0 radical (unpaired) electrons. The Bertz CT molecular complexity index is 228. The van der Waals surface area contributed by atoms with Crippen molar-refractivity contribution >= 4 is 0 Å². The second kappa shape index (κ2) is 5.79. The van der Waals surface area contributed by atoms with E-state index in [0.29, 0.717) is 0 Å². The van der Waals surface area contributed by atoms with Crippen molar-refractivity contribution in [3.63, 3.8) is 0 Å². The van der Waals surface area contributed by atoms with Crippen molar-refractivity contribution in [2.75, 3.05) is 0 Å². The highest BCUT2D eigenvalue weighted by Crippen LogP contribution is 2.08. The maximum Gasteiger partial charge on any atom is 0.0925 e. The topological polar surface area (TPSA) is 28.7 Å². The number of aromatic nitrogens is 2. The first-order valence-electron chi connectivity index (χ1n) is 5.33. The van der Waals surface area contributed by atoms with Gasteiger partial charge in [-0.25, -0.2) is 4.98 Å². The van der Waals surface area contributed by atoms with Gasteiger partial charge in [-0.3, -0.25) is 0 Å². The first-order chi connectivity index (χ1) is 6.34. The molecule has 0 aliphatic heterocycles. The molecule has 1 aromatic heterocycles. The highest BCUT2D eigenvalue weighted by atomic mass is 14.9. The van der Waals surface area contributed by atoms with Crippen molar-refractivity contribution < 1.29 is 0 Å². The van der Waals surface area contributed by atoms with E-state index in [1.165, 1.54) is 43.5 Å². The Morgan fingerprint density at radius 2 is 2.00 bits per heavy atom. The van der Waals surface area contributed by atoms with E-state index in [1.807, 2.05) is 0 Å². The molecule has 0 aliphatic carbocycles. The highest BCUT2D eigenvalue weighted by Gasteiger charge is 1.99. The monoisotopic (exact) mass is 180 g/mol. The Kier molecular flexibility index (Phi) is 4.58. The van der Waals surface area contributed by atoms with Crippen molar-refractivity contribution in [1.82, 2.24) is 9.97 Å². The Balaban J connectivity index is 2.10. The summed E-state index contributed by atoms with van der Waals surface area (Å²) in [5.41, 5.74) is 2.48. The molecule has 0 aliphatic rings. The summed E-state index contributed by atoms with van der Waals surface area (Å²) in [6.07, 6.45) is 9.63. The molecule has 0 saturated carbocycles. The number of aromatic amines is 1. The van der Waals surface area contributed by atoms with E-state index in [4.69, 9.17) is 0 Å². The zero-order valence-corrected chi connectivity index (χ0v) is 8.77. The predicted molar refractivity (Wildman–Crippen MR) is 55.8 cm³/mol. The molecule has 0 fully saturated rings. The van der Waals surface area contributed by atoms with Gasteiger partial charge in [-0.15, -0.1) is 0 Å². The van der Waals surface area contributed by atoms with Gasteiger partial charge in [0.1, 0.15) is 0 Å². The number of hydrogen-bond acceptors (Lipinski definition) is 1. The number of imidazole rings is 1. The summed E-state index contributed by atoms with van der Waals surface area (Å²) in [5.74, 6) is 0. The first kappa shape index (κ1) is 10.3. The molecule has 1 heterocycles. The van der Waals surface area contributed by atoms with Crippen LogP contribution in [0.4, 0.5) is 0 Å². The van der Waals surface area contributed by atoms with Crippen LogP contribution in [0, 0.1) is 6.92 Å². The van der Waals surface area contributed by atoms with Gasteiger partial charge in [-0.1, -0.05) is 32.6 Å². The summed E-state index contributed by atoms with van der Waals surface area (Å²) in [4.78, 5) is 7.39. The fourth-order valence-electron chi connectivity index (χ4n) is 1.54. The van der Waals surface area contributed by atoms with Crippen molar-refractivity contribution in [2.45, 2.75) is 52.4 Å². The standard InChI is InChI=1S/C11H20N2/c1-3-4-5-6-7-8-11-10(2)12-9-13-11/h9H,3-8H2,1-2H3,(H,12,13). The summed E-state index contributed by atoms with van der Waals surface area (Å²) >= 11 is 0. The first-order valence-corrected chi connectivity index (χ1v) is 5.33. The summed E-state index contributed by atoms with van der Waals surface area (Å²) in [7, 11) is 0. The Hall–Kier alpha value is -0.790. The number of nitrogens with one attached hydrogen (secondary N) is 1. The fraction of sp³-hybridized carbons (Fsp3) is 0.727. The summed E-state index contributed by atoms with van der Waals surface area (Å²) in [6, 6.07) is 0. The summed E-state index contributed by atoms with van der Waals surface area (Å²) < 4.78 is 0. The minimum atomic E-state index is 1.14. The van der Waals surface area contributed by atoms with Crippen LogP contribution < -0.4 is 0 Å². The SMILES string of the molecule is CCCCCCCc1nc[nH]c1C. The molecule has 0 aromatic carbocycles. The molecule has 0 bridgehead atoms. The van der Waals surface area contributed by atoms with Crippen LogP contribution >= 0.6 is 0 Å². The quantitative estimate of drug-likeness (QED) is 0.669. The predicted octanol–water partition coefficient (Wildman–Crippen LogP) is 3.23. The van der Waals surface area contributed by atoms with Crippen LogP contribution in [0.2, 0.25) is 0 Å². The zero-order chi connectivity index (χ0) is 9.52. The van der Waals surface area contributed by atoms with E-state index in [2.05, 4.69) is 23.8 Å². The fourth-order valence-corrected chi connectivity index (χ4v) is 1.54. The molecule has 0 spiro atoms. The molecular weight excluding hydrogens is 160 g/mol. The Morgan fingerprint density at radius 1 is 1.23 bits per heavy atom. The Labute approximate surface area is 80.8 Å². The van der Waals surface area contributed by atoms with E-state index in [9.17, 15) is 0 Å². The van der Waals surface area contributed by atoms with Gasteiger partial charge < -0.3 is 4.98 Å². The van der Waals surface area contributed by atoms with Gasteiger partial charge >= 0.3 is 0 Å². The zero-order valence-electron chi connectivity index (χ0n) is 8.77. The molecule has 1 rings (SSSR count). The third kappa shape index (κ3) is 3.62. The smallest absolute Gasteiger partial charge is 0.0925 e. The number of nitrogens with zero attached hydrogens (tertiary/aromatic N) is 1. The van der Waals surface area contributed by atoms with E-state index in [1.54, 1.807) is 6.33 Å². The van der Waals surface area contributed by atoms with Gasteiger partial charge in [0.05, 0.1) is 12.0 Å². The molecule has 0 amide bonds. The van der Waals surface area contributed by atoms with E-state index < -0.39 is 0 Å². The van der Waals surface area contributed by atoms with Crippen molar-refractivity contribution in [2.24, 2.45) is 0 Å². The minimum Gasteiger partial charge on any atom is -0.348 e. The third-order valence-electron chi connectivity index (χ3n) is 2.45. The van der Waals surface area contributed by atoms with E-state index >= 15 is 0 Å². The molecule has 13 heavy (non-hydrogen) atoms. The van der Waals surface area contributed by atoms with Crippen molar-refractivity contribution in [1.29, 1.82) is 0 Å². The van der Waals surface area contributed by atoms with Crippen LogP contribution in [0.3, 0.4) is 0 Å². The molecular formula is C11H20N2. The molecule has 1 aromatic rings. The van der Waals surface area contributed by atoms with Crippen LogP contribution in [0.1, 0.15) is 50.4 Å². The normalized spacial score (nSPS) is 10.6. The second-order valence-corrected chi connectivity index (χ2v) is 3.64. The number of rotatable bonds is 6. The van der Waals surface area contributed by atoms with Gasteiger partial charge in [-0.05, 0) is 19.8 Å². The summed E-state index contributed by atoms with van der Waals surface area (Å²) in [6.45, 7) is 4.34. The molecule has 0 atom stereocenters.